The Balaban J connectivity index is 1.75. The Hall–Kier alpha value is -1.89. The average Bonchev–Trinajstić information content (AvgIpc) is 3.03. The van der Waals surface area contributed by atoms with E-state index in [1.807, 2.05) is 0 Å². The average molecular weight is 336 g/mol. The first-order valence-electron chi connectivity index (χ1n) is 7.80. The van der Waals surface area contributed by atoms with Gasteiger partial charge in [-0.2, -0.15) is 0 Å². The lowest BCUT2D eigenvalue weighted by molar-refractivity contribution is -0.158. The second kappa shape index (κ2) is 5.96. The molecule has 0 radical (unpaired) electrons. The molecule has 0 saturated carbocycles. The Morgan fingerprint density at radius 1 is 1.13 bits per heavy atom. The van der Waals surface area contributed by atoms with Crippen molar-refractivity contribution in [2.75, 3.05) is 18.8 Å². The van der Waals surface area contributed by atoms with Crippen molar-refractivity contribution >= 4 is 21.7 Å². The van der Waals surface area contributed by atoms with Crippen LogP contribution in [0.15, 0.2) is 35.2 Å². The standard InChI is InChI=1S/C16H20N2O4S/c1-12-15(19)18-9-5-8-14(18)16(20)17(12)10-11-23(21,22)13-6-3-2-4-7-13/h2-4,6-7,12,14H,5,8-11H2,1H3/t12-,14+/m0/s1. The fraction of sp³-hybridized carbons (Fsp3) is 0.500. The van der Waals surface area contributed by atoms with Crippen molar-refractivity contribution in [1.29, 1.82) is 0 Å². The number of carbonyl (C=O) groups excluding carboxylic acids is 2. The maximum absolute atomic E-state index is 12.6. The molecule has 2 saturated heterocycles. The molecule has 23 heavy (non-hydrogen) atoms. The molecule has 2 atom stereocenters. The number of rotatable bonds is 4. The van der Waals surface area contributed by atoms with Gasteiger partial charge in [0.25, 0.3) is 0 Å². The number of fused-ring (bicyclic) bond motifs is 1. The summed E-state index contributed by atoms with van der Waals surface area (Å²) in [6, 6.07) is 7.17. The molecule has 0 aliphatic carbocycles. The molecule has 2 amide bonds. The molecule has 7 heteroatoms. The van der Waals surface area contributed by atoms with E-state index in [1.54, 1.807) is 42.2 Å². The van der Waals surface area contributed by atoms with Crippen molar-refractivity contribution in [1.82, 2.24) is 9.80 Å². The molecule has 0 spiro atoms. The van der Waals surface area contributed by atoms with Crippen LogP contribution in [0.1, 0.15) is 19.8 Å². The smallest absolute Gasteiger partial charge is 0.246 e. The lowest BCUT2D eigenvalue weighted by Gasteiger charge is -2.40. The molecule has 0 unspecified atom stereocenters. The number of hydrogen-bond donors (Lipinski definition) is 0. The highest BCUT2D eigenvalue weighted by molar-refractivity contribution is 7.91. The van der Waals surface area contributed by atoms with Gasteiger partial charge in [-0.15, -0.1) is 0 Å². The highest BCUT2D eigenvalue weighted by Gasteiger charge is 2.45. The number of amides is 2. The van der Waals surface area contributed by atoms with Gasteiger partial charge in [-0.25, -0.2) is 8.42 Å². The lowest BCUT2D eigenvalue weighted by Crippen LogP contribution is -2.62. The number of nitrogens with zero attached hydrogens (tertiary/aromatic N) is 2. The first-order valence-corrected chi connectivity index (χ1v) is 9.46. The van der Waals surface area contributed by atoms with Crippen molar-refractivity contribution in [3.63, 3.8) is 0 Å². The Morgan fingerprint density at radius 3 is 2.52 bits per heavy atom. The summed E-state index contributed by atoms with van der Waals surface area (Å²) >= 11 is 0. The Morgan fingerprint density at radius 2 is 1.83 bits per heavy atom. The third-order valence-electron chi connectivity index (χ3n) is 4.63. The molecule has 2 aliphatic heterocycles. The first-order chi connectivity index (χ1) is 10.9. The van der Waals surface area contributed by atoms with Gasteiger partial charge in [0.15, 0.2) is 9.84 Å². The quantitative estimate of drug-likeness (QED) is 0.810. The fourth-order valence-corrected chi connectivity index (χ4v) is 4.56. The van der Waals surface area contributed by atoms with Crippen LogP contribution in [-0.4, -0.2) is 61.0 Å². The van der Waals surface area contributed by atoms with E-state index in [9.17, 15) is 18.0 Å². The number of carbonyl (C=O) groups is 2. The zero-order valence-corrected chi connectivity index (χ0v) is 13.8. The summed E-state index contributed by atoms with van der Waals surface area (Å²) in [5.41, 5.74) is 0. The van der Waals surface area contributed by atoms with Crippen LogP contribution in [-0.2, 0) is 19.4 Å². The molecule has 6 nitrogen and oxygen atoms in total. The number of sulfone groups is 1. The van der Waals surface area contributed by atoms with E-state index in [2.05, 4.69) is 0 Å². The molecule has 2 heterocycles. The van der Waals surface area contributed by atoms with Crippen LogP contribution in [0.4, 0.5) is 0 Å². The normalized spacial score (nSPS) is 24.9. The van der Waals surface area contributed by atoms with E-state index in [4.69, 9.17) is 0 Å². The van der Waals surface area contributed by atoms with Crippen LogP contribution < -0.4 is 0 Å². The summed E-state index contributed by atoms with van der Waals surface area (Å²) in [6.07, 6.45) is 1.49. The highest BCUT2D eigenvalue weighted by atomic mass is 32.2. The zero-order chi connectivity index (χ0) is 16.6. The van der Waals surface area contributed by atoms with Crippen LogP contribution in [0.2, 0.25) is 0 Å². The molecule has 0 bridgehead atoms. The largest absolute Gasteiger partial charge is 0.329 e. The lowest BCUT2D eigenvalue weighted by atomic mass is 10.1. The number of hydrogen-bond acceptors (Lipinski definition) is 4. The summed E-state index contributed by atoms with van der Waals surface area (Å²) in [5, 5.41) is 0. The van der Waals surface area contributed by atoms with E-state index in [0.717, 1.165) is 6.42 Å². The summed E-state index contributed by atoms with van der Waals surface area (Å²) in [6.45, 7) is 2.34. The summed E-state index contributed by atoms with van der Waals surface area (Å²) in [5.74, 6) is -0.380. The second-order valence-corrected chi connectivity index (χ2v) is 8.14. The minimum Gasteiger partial charge on any atom is -0.329 e. The monoisotopic (exact) mass is 336 g/mol. The van der Waals surface area contributed by atoms with Gasteiger partial charge in [-0.05, 0) is 31.9 Å². The molecule has 1 aromatic rings. The number of benzene rings is 1. The molecule has 124 valence electrons. The summed E-state index contributed by atoms with van der Waals surface area (Å²) in [4.78, 5) is 28.2. The highest BCUT2D eigenvalue weighted by Crippen LogP contribution is 2.27. The Kier molecular flexibility index (Phi) is 4.14. The fourth-order valence-electron chi connectivity index (χ4n) is 3.31. The zero-order valence-electron chi connectivity index (χ0n) is 13.0. The van der Waals surface area contributed by atoms with Gasteiger partial charge in [-0.3, -0.25) is 9.59 Å². The Bertz CT molecular complexity index is 717. The second-order valence-electron chi connectivity index (χ2n) is 6.03. The van der Waals surface area contributed by atoms with Crippen molar-refractivity contribution in [3.8, 4) is 0 Å². The molecule has 0 N–H and O–H groups in total. The molecule has 2 aliphatic rings. The summed E-state index contributed by atoms with van der Waals surface area (Å²) < 4.78 is 24.7. The van der Waals surface area contributed by atoms with E-state index >= 15 is 0 Å². The van der Waals surface area contributed by atoms with Gasteiger partial charge in [0, 0.05) is 13.1 Å². The molecule has 0 aromatic heterocycles. The third kappa shape index (κ3) is 2.85. The first kappa shape index (κ1) is 16.0. The molecular weight excluding hydrogens is 316 g/mol. The van der Waals surface area contributed by atoms with Crippen LogP contribution in [0.25, 0.3) is 0 Å². The minimum atomic E-state index is -3.46. The predicted molar refractivity (Wildman–Crippen MR) is 84.4 cm³/mol. The van der Waals surface area contributed by atoms with E-state index in [1.165, 1.54) is 4.90 Å². The number of piperazine rings is 1. The third-order valence-corrected chi connectivity index (χ3v) is 6.34. The maximum atomic E-state index is 12.6. The van der Waals surface area contributed by atoms with Gasteiger partial charge in [0.1, 0.15) is 12.1 Å². The van der Waals surface area contributed by atoms with Crippen LogP contribution in [0.5, 0.6) is 0 Å². The van der Waals surface area contributed by atoms with Crippen molar-refractivity contribution < 1.29 is 18.0 Å². The molecule has 3 rings (SSSR count). The van der Waals surface area contributed by atoms with Crippen LogP contribution in [0.3, 0.4) is 0 Å². The SMILES string of the molecule is C[C@H]1C(=O)N2CCC[C@@H]2C(=O)N1CCS(=O)(=O)c1ccccc1. The molecule has 2 fully saturated rings. The van der Waals surface area contributed by atoms with Gasteiger partial charge in [0.05, 0.1) is 10.6 Å². The topological polar surface area (TPSA) is 74.8 Å². The van der Waals surface area contributed by atoms with Gasteiger partial charge >= 0.3 is 0 Å². The Labute approximate surface area is 136 Å². The van der Waals surface area contributed by atoms with E-state index in [0.29, 0.717) is 13.0 Å². The maximum Gasteiger partial charge on any atom is 0.246 e. The summed E-state index contributed by atoms with van der Waals surface area (Å²) in [7, 11) is -3.46. The van der Waals surface area contributed by atoms with Crippen LogP contribution >= 0.6 is 0 Å². The molecular formula is C16H20N2O4S. The van der Waals surface area contributed by atoms with Gasteiger partial charge < -0.3 is 9.80 Å². The van der Waals surface area contributed by atoms with Gasteiger partial charge in [0.2, 0.25) is 11.8 Å². The van der Waals surface area contributed by atoms with E-state index in [-0.39, 0.29) is 29.0 Å². The van der Waals surface area contributed by atoms with Crippen molar-refractivity contribution in [3.05, 3.63) is 30.3 Å². The predicted octanol–water partition coefficient (Wildman–Crippen LogP) is 0.682. The van der Waals surface area contributed by atoms with Crippen molar-refractivity contribution in [2.45, 2.75) is 36.7 Å². The molecule has 1 aromatic carbocycles. The van der Waals surface area contributed by atoms with Gasteiger partial charge in [-0.1, -0.05) is 18.2 Å². The van der Waals surface area contributed by atoms with Crippen molar-refractivity contribution in [2.24, 2.45) is 0 Å². The van der Waals surface area contributed by atoms with Crippen LogP contribution in [0, 0.1) is 0 Å². The minimum absolute atomic E-state index is 0.0489. The van der Waals surface area contributed by atoms with E-state index < -0.39 is 21.9 Å².